The lowest BCUT2D eigenvalue weighted by atomic mass is 10.1. The molecule has 0 bridgehead atoms. The maximum Gasteiger partial charge on any atom is 0.222 e. The van der Waals surface area contributed by atoms with Gasteiger partial charge in [-0.2, -0.15) is 0 Å². The minimum atomic E-state index is -0.147. The second-order valence-electron chi connectivity index (χ2n) is 4.85. The Hall–Kier alpha value is -1.43. The van der Waals surface area contributed by atoms with E-state index in [4.69, 9.17) is 14.6 Å². The topological polar surface area (TPSA) is 67.8 Å². The van der Waals surface area contributed by atoms with Crippen LogP contribution >= 0.6 is 0 Å². The summed E-state index contributed by atoms with van der Waals surface area (Å²) in [5.74, 6) is -0.146. The van der Waals surface area contributed by atoms with Gasteiger partial charge in [-0.3, -0.25) is 4.79 Å². The number of aliphatic hydroxyl groups excluding tert-OH is 1. The third-order valence-corrected chi connectivity index (χ3v) is 3.30. The summed E-state index contributed by atoms with van der Waals surface area (Å²) in [5.41, 5.74) is 1.10. The molecule has 2 atom stereocenters. The molecule has 5 nitrogen and oxygen atoms in total. The Bertz CT molecular complexity index is 410. The molecule has 1 heterocycles. The summed E-state index contributed by atoms with van der Waals surface area (Å²) in [6.07, 6.45) is 0.714. The van der Waals surface area contributed by atoms with Gasteiger partial charge in [0, 0.05) is 13.0 Å². The fourth-order valence-corrected chi connectivity index (χ4v) is 2.20. The number of benzene rings is 1. The van der Waals surface area contributed by atoms with Crippen LogP contribution in [-0.2, 0) is 20.9 Å². The monoisotopic (exact) mass is 279 g/mol. The Morgan fingerprint density at radius 3 is 2.95 bits per heavy atom. The fraction of sp³-hybridized carbons (Fsp3) is 0.533. The van der Waals surface area contributed by atoms with Gasteiger partial charge in [-0.25, -0.2) is 0 Å². The lowest BCUT2D eigenvalue weighted by Gasteiger charge is -2.32. The Labute approximate surface area is 118 Å². The maximum atomic E-state index is 11.6. The molecule has 0 aliphatic carbocycles. The second-order valence-corrected chi connectivity index (χ2v) is 4.85. The zero-order valence-electron chi connectivity index (χ0n) is 11.5. The van der Waals surface area contributed by atoms with Gasteiger partial charge in [-0.1, -0.05) is 30.3 Å². The predicted molar refractivity (Wildman–Crippen MR) is 74.1 cm³/mol. The summed E-state index contributed by atoms with van der Waals surface area (Å²) >= 11 is 0. The number of hydrogen-bond donors (Lipinski definition) is 2. The van der Waals surface area contributed by atoms with Gasteiger partial charge in [-0.15, -0.1) is 0 Å². The first kappa shape index (κ1) is 15.0. The van der Waals surface area contributed by atoms with Crippen LogP contribution in [0.2, 0.25) is 0 Å². The summed E-state index contributed by atoms with van der Waals surface area (Å²) in [7, 11) is 0. The Kier molecular flexibility index (Phi) is 5.98. The molecule has 0 aromatic heterocycles. The molecule has 0 saturated carbocycles. The molecule has 20 heavy (non-hydrogen) atoms. The highest BCUT2D eigenvalue weighted by atomic mass is 16.5. The van der Waals surface area contributed by atoms with Gasteiger partial charge in [0.2, 0.25) is 5.91 Å². The molecule has 0 spiro atoms. The normalized spacial score (nSPS) is 22.4. The highest BCUT2D eigenvalue weighted by molar-refractivity contribution is 5.76. The van der Waals surface area contributed by atoms with Crippen molar-refractivity contribution >= 4 is 5.91 Å². The Balaban J connectivity index is 1.85. The Morgan fingerprint density at radius 1 is 1.40 bits per heavy atom. The minimum absolute atomic E-state index is 0.0495. The maximum absolute atomic E-state index is 11.6. The number of carbonyl (C=O) groups excluding carboxylic acids is 1. The second kappa shape index (κ2) is 7.99. The molecule has 1 fully saturated rings. The molecule has 110 valence electrons. The molecule has 1 aromatic carbocycles. The zero-order chi connectivity index (χ0) is 14.2. The number of aliphatic hydroxyl groups is 1. The molecule has 0 radical (unpaired) electrons. The molecule has 5 heteroatoms. The van der Waals surface area contributed by atoms with Gasteiger partial charge in [-0.05, 0) is 12.0 Å². The number of amides is 1. The molecule has 2 rings (SSSR count). The van der Waals surface area contributed by atoms with Gasteiger partial charge < -0.3 is 19.9 Å². The number of ether oxygens (including phenoxy) is 2. The van der Waals surface area contributed by atoms with Gasteiger partial charge in [0.1, 0.15) is 6.10 Å². The van der Waals surface area contributed by atoms with Crippen molar-refractivity contribution in [2.45, 2.75) is 31.6 Å². The third kappa shape index (κ3) is 4.59. The van der Waals surface area contributed by atoms with Crippen LogP contribution in [0.25, 0.3) is 0 Å². The van der Waals surface area contributed by atoms with Crippen LogP contribution in [0.5, 0.6) is 0 Å². The van der Waals surface area contributed by atoms with Crippen LogP contribution in [0.15, 0.2) is 30.3 Å². The van der Waals surface area contributed by atoms with E-state index in [0.717, 1.165) is 12.0 Å². The first-order chi connectivity index (χ1) is 9.79. The molecular weight excluding hydrogens is 258 g/mol. The summed E-state index contributed by atoms with van der Waals surface area (Å²) in [5, 5.41) is 11.7. The number of nitrogens with one attached hydrogen (secondary N) is 1. The average molecular weight is 279 g/mol. The molecule has 1 aliphatic heterocycles. The van der Waals surface area contributed by atoms with E-state index in [1.165, 1.54) is 0 Å². The molecule has 2 N–H and O–H groups in total. The summed E-state index contributed by atoms with van der Waals surface area (Å²) in [6.45, 7) is 1.47. The van der Waals surface area contributed by atoms with Crippen molar-refractivity contribution in [3.63, 3.8) is 0 Å². The van der Waals surface area contributed by atoms with E-state index in [9.17, 15) is 4.79 Å². The van der Waals surface area contributed by atoms with E-state index in [1.54, 1.807) is 0 Å². The van der Waals surface area contributed by atoms with Gasteiger partial charge >= 0.3 is 0 Å². The highest BCUT2D eigenvalue weighted by Crippen LogP contribution is 2.14. The van der Waals surface area contributed by atoms with E-state index in [1.807, 2.05) is 30.3 Å². The zero-order valence-corrected chi connectivity index (χ0v) is 11.5. The third-order valence-electron chi connectivity index (χ3n) is 3.30. The van der Waals surface area contributed by atoms with Crippen LogP contribution in [0.4, 0.5) is 0 Å². The first-order valence-corrected chi connectivity index (χ1v) is 6.93. The molecule has 1 aromatic rings. The lowest BCUT2D eigenvalue weighted by molar-refractivity contribution is -0.127. The lowest BCUT2D eigenvalue weighted by Crippen LogP contribution is -2.50. The van der Waals surface area contributed by atoms with Crippen molar-refractivity contribution in [2.24, 2.45) is 0 Å². The van der Waals surface area contributed by atoms with Crippen molar-refractivity contribution in [1.29, 1.82) is 0 Å². The molecular formula is C15H21NO4. The van der Waals surface area contributed by atoms with Crippen LogP contribution in [0.1, 0.15) is 18.4 Å². The number of hydrogen-bond acceptors (Lipinski definition) is 4. The summed E-state index contributed by atoms with van der Waals surface area (Å²) in [6, 6.07) is 9.86. The van der Waals surface area contributed by atoms with Crippen molar-refractivity contribution in [2.75, 3.05) is 19.8 Å². The molecule has 1 amide bonds. The van der Waals surface area contributed by atoms with E-state index in [-0.39, 0.29) is 31.1 Å². The van der Waals surface area contributed by atoms with Crippen molar-refractivity contribution in [1.82, 2.24) is 5.32 Å². The minimum Gasteiger partial charge on any atom is -0.396 e. The van der Waals surface area contributed by atoms with E-state index in [0.29, 0.717) is 19.8 Å². The predicted octanol–water partition coefficient (Wildman–Crippen LogP) is 0.859. The van der Waals surface area contributed by atoms with Crippen LogP contribution < -0.4 is 5.32 Å². The number of rotatable bonds is 6. The SMILES string of the molecule is O=C(CCO)N[C@@H]1CCOC[C@H]1OCc1ccccc1. The largest absolute Gasteiger partial charge is 0.396 e. The molecule has 0 unspecified atom stereocenters. The first-order valence-electron chi connectivity index (χ1n) is 6.93. The smallest absolute Gasteiger partial charge is 0.222 e. The Morgan fingerprint density at radius 2 is 2.20 bits per heavy atom. The van der Waals surface area contributed by atoms with Crippen LogP contribution in [0.3, 0.4) is 0 Å². The quantitative estimate of drug-likeness (QED) is 0.810. The van der Waals surface area contributed by atoms with E-state index >= 15 is 0 Å². The molecule has 1 saturated heterocycles. The van der Waals surface area contributed by atoms with Crippen LogP contribution in [-0.4, -0.2) is 43.0 Å². The van der Waals surface area contributed by atoms with Crippen molar-refractivity contribution in [3.8, 4) is 0 Å². The highest BCUT2D eigenvalue weighted by Gasteiger charge is 2.27. The molecule has 1 aliphatic rings. The summed E-state index contributed by atoms with van der Waals surface area (Å²) in [4.78, 5) is 11.6. The van der Waals surface area contributed by atoms with E-state index < -0.39 is 0 Å². The van der Waals surface area contributed by atoms with E-state index in [2.05, 4.69) is 5.32 Å². The van der Waals surface area contributed by atoms with Crippen molar-refractivity contribution in [3.05, 3.63) is 35.9 Å². The van der Waals surface area contributed by atoms with Crippen molar-refractivity contribution < 1.29 is 19.4 Å². The van der Waals surface area contributed by atoms with Gasteiger partial charge in [0.15, 0.2) is 0 Å². The van der Waals surface area contributed by atoms with Crippen LogP contribution in [0, 0.1) is 0 Å². The van der Waals surface area contributed by atoms with Gasteiger partial charge in [0.05, 0.1) is 25.9 Å². The average Bonchev–Trinajstić information content (AvgIpc) is 2.48. The number of carbonyl (C=O) groups is 1. The van der Waals surface area contributed by atoms with Gasteiger partial charge in [0.25, 0.3) is 0 Å². The standard InChI is InChI=1S/C15H21NO4/c17-8-6-15(18)16-13-7-9-19-11-14(13)20-10-12-4-2-1-3-5-12/h1-5,13-14,17H,6-11H2,(H,16,18)/t13-,14-/m1/s1. The summed E-state index contributed by atoms with van der Waals surface area (Å²) < 4.78 is 11.3. The fourth-order valence-electron chi connectivity index (χ4n) is 2.20.